The molecule has 18 heavy (non-hydrogen) atoms. The van der Waals surface area contributed by atoms with Gasteiger partial charge in [0.2, 0.25) is 0 Å². The van der Waals surface area contributed by atoms with Gasteiger partial charge in [0.25, 0.3) is 0 Å². The summed E-state index contributed by atoms with van der Waals surface area (Å²) in [6.45, 7) is 11.0. The van der Waals surface area contributed by atoms with E-state index in [4.69, 9.17) is 9.53 Å². The van der Waals surface area contributed by atoms with Gasteiger partial charge in [0, 0.05) is 19.6 Å². The number of aldehydes is 1. The van der Waals surface area contributed by atoms with Gasteiger partial charge in [0.1, 0.15) is 6.29 Å². The molecule has 0 aromatic carbocycles. The number of rotatable bonds is 3. The summed E-state index contributed by atoms with van der Waals surface area (Å²) < 4.78 is 5.29. The quantitative estimate of drug-likeness (QED) is 0.611. The maximum atomic E-state index is 9.06. The van der Waals surface area contributed by atoms with Crippen molar-refractivity contribution in [3.63, 3.8) is 0 Å². The molecule has 0 unspecified atom stereocenters. The van der Waals surface area contributed by atoms with Gasteiger partial charge < -0.3 is 10.1 Å². The van der Waals surface area contributed by atoms with E-state index >= 15 is 0 Å². The third-order valence-electron chi connectivity index (χ3n) is 2.91. The fourth-order valence-corrected chi connectivity index (χ4v) is 1.67. The van der Waals surface area contributed by atoms with E-state index in [0.717, 1.165) is 26.3 Å². The van der Waals surface area contributed by atoms with Crippen LogP contribution in [-0.4, -0.2) is 58.1 Å². The van der Waals surface area contributed by atoms with Gasteiger partial charge in [-0.1, -0.05) is 13.5 Å². The number of morpholine rings is 1. The van der Waals surface area contributed by atoms with Crippen LogP contribution in [0.5, 0.6) is 0 Å². The van der Waals surface area contributed by atoms with Crippen molar-refractivity contribution in [2.75, 3.05) is 46.9 Å². The Balaban J connectivity index is 0.000000351. The largest absolute Gasteiger partial charge is 0.379 e. The molecule has 0 radical (unpaired) electrons. The molecule has 0 aromatic heterocycles. The van der Waals surface area contributed by atoms with Gasteiger partial charge in [0.05, 0.1) is 13.2 Å². The molecule has 1 saturated heterocycles. The maximum absolute atomic E-state index is 9.06. The van der Waals surface area contributed by atoms with E-state index in [1.165, 1.54) is 25.5 Å². The molecule has 0 amide bonds. The van der Waals surface area contributed by atoms with Gasteiger partial charge in [-0.2, -0.15) is 0 Å². The van der Waals surface area contributed by atoms with Crippen LogP contribution in [0.3, 0.4) is 0 Å². The Kier molecular flexibility index (Phi) is 9.83. The highest BCUT2D eigenvalue weighted by molar-refractivity contribution is 5.63. The summed E-state index contributed by atoms with van der Waals surface area (Å²) in [6, 6.07) is 0. The zero-order valence-corrected chi connectivity index (χ0v) is 12.1. The predicted octanol–water partition coefficient (Wildman–Crippen LogP) is 1.33. The van der Waals surface area contributed by atoms with Crippen LogP contribution in [0.2, 0.25) is 0 Å². The number of nitrogens with one attached hydrogen (secondary N) is 1. The van der Waals surface area contributed by atoms with E-state index in [1.807, 2.05) is 14.1 Å². The summed E-state index contributed by atoms with van der Waals surface area (Å²) in [5.74, 6) is 0. The minimum atomic E-state index is 0.639. The molecular weight excluding hydrogens is 228 g/mol. The lowest BCUT2D eigenvalue weighted by Crippen LogP contribution is -2.39. The van der Waals surface area contributed by atoms with Crippen molar-refractivity contribution in [3.8, 4) is 0 Å². The van der Waals surface area contributed by atoms with Crippen LogP contribution in [0.1, 0.15) is 19.8 Å². The topological polar surface area (TPSA) is 41.6 Å². The molecule has 1 heterocycles. The van der Waals surface area contributed by atoms with Crippen molar-refractivity contribution in [1.82, 2.24) is 10.2 Å². The number of ether oxygens (including phenoxy) is 1. The van der Waals surface area contributed by atoms with Gasteiger partial charge in [-0.3, -0.25) is 9.69 Å². The molecule has 4 heteroatoms. The number of hydrogen-bond donors (Lipinski definition) is 1. The molecule has 1 aliphatic carbocycles. The van der Waals surface area contributed by atoms with Gasteiger partial charge in [-0.05, 0) is 38.4 Å². The summed E-state index contributed by atoms with van der Waals surface area (Å²) in [7, 11) is 3.75. The normalized spacial score (nSPS) is 20.6. The van der Waals surface area contributed by atoms with Crippen molar-refractivity contribution in [2.45, 2.75) is 19.8 Å². The summed E-state index contributed by atoms with van der Waals surface area (Å²) in [4.78, 5) is 11.6. The minimum Gasteiger partial charge on any atom is -0.379 e. The molecule has 2 fully saturated rings. The smallest absolute Gasteiger partial charge is 0.142 e. The lowest BCUT2D eigenvalue weighted by Gasteiger charge is -2.28. The Hall–Kier alpha value is -0.710. The van der Waals surface area contributed by atoms with Crippen LogP contribution in [-0.2, 0) is 9.53 Å². The Morgan fingerprint density at radius 3 is 2.11 bits per heavy atom. The second kappa shape index (κ2) is 10.2. The van der Waals surface area contributed by atoms with E-state index in [-0.39, 0.29) is 0 Å². The fraction of sp³-hybridized carbons (Fsp3) is 0.786. The number of carbonyl (C=O) groups is 1. The zero-order valence-electron chi connectivity index (χ0n) is 12.1. The minimum absolute atomic E-state index is 0.639. The van der Waals surface area contributed by atoms with Crippen molar-refractivity contribution in [3.05, 3.63) is 12.7 Å². The Bertz CT molecular complexity index is 216. The van der Waals surface area contributed by atoms with Crippen LogP contribution in [0.15, 0.2) is 12.7 Å². The third kappa shape index (κ3) is 9.33. The molecule has 2 rings (SSSR count). The van der Waals surface area contributed by atoms with Crippen molar-refractivity contribution in [2.24, 2.45) is 5.41 Å². The molecule has 1 N–H and O–H groups in total. The first-order valence-electron chi connectivity index (χ1n) is 6.56. The zero-order chi connectivity index (χ0) is 13.9. The third-order valence-corrected chi connectivity index (χ3v) is 2.91. The molecule has 0 aromatic rings. The summed E-state index contributed by atoms with van der Waals surface area (Å²) in [5, 5.41) is 2.75. The van der Waals surface area contributed by atoms with Gasteiger partial charge in [0.15, 0.2) is 0 Å². The summed E-state index contributed by atoms with van der Waals surface area (Å²) in [5.41, 5.74) is 0.678. The van der Waals surface area contributed by atoms with Crippen LogP contribution < -0.4 is 5.32 Å². The van der Waals surface area contributed by atoms with E-state index in [0.29, 0.717) is 11.7 Å². The Morgan fingerprint density at radius 1 is 1.33 bits per heavy atom. The first-order valence-corrected chi connectivity index (χ1v) is 6.56. The highest BCUT2D eigenvalue weighted by atomic mass is 16.5. The molecule has 1 saturated carbocycles. The number of allylic oxidation sites excluding steroid dienone is 1. The van der Waals surface area contributed by atoms with Crippen molar-refractivity contribution >= 4 is 6.29 Å². The lowest BCUT2D eigenvalue weighted by atomic mass is 10.1. The summed E-state index contributed by atoms with van der Waals surface area (Å²) >= 11 is 0. The predicted molar refractivity (Wildman–Crippen MR) is 75.8 cm³/mol. The van der Waals surface area contributed by atoms with Crippen LogP contribution in [0.25, 0.3) is 0 Å². The number of nitrogens with zero attached hydrogens (tertiary/aromatic N) is 1. The second-order valence-corrected chi connectivity index (χ2v) is 5.07. The van der Waals surface area contributed by atoms with Crippen LogP contribution in [0.4, 0.5) is 0 Å². The van der Waals surface area contributed by atoms with Crippen LogP contribution in [0, 0.1) is 5.41 Å². The van der Waals surface area contributed by atoms with Gasteiger partial charge >= 0.3 is 0 Å². The first kappa shape index (κ1) is 17.3. The number of hydrogen-bond acceptors (Lipinski definition) is 4. The van der Waals surface area contributed by atoms with E-state index in [2.05, 4.69) is 23.7 Å². The second-order valence-electron chi connectivity index (χ2n) is 5.07. The van der Waals surface area contributed by atoms with Crippen molar-refractivity contribution in [1.29, 1.82) is 0 Å². The maximum Gasteiger partial charge on any atom is 0.142 e. The average Bonchev–Trinajstić information content (AvgIpc) is 3.09. The standard InChI is InChI=1S/C9H17NO.C3H4O.C2H7N/c1-9(2-3-9)8-10-4-6-11-7-5-10;1-2-3-4;1-3-2/h2-8H2,1H3;2-3H,1H2;3H,1-2H3. The lowest BCUT2D eigenvalue weighted by molar-refractivity contribution is -0.104. The molecule has 0 spiro atoms. The van der Waals surface area contributed by atoms with Crippen LogP contribution >= 0.6 is 0 Å². The van der Waals surface area contributed by atoms with Gasteiger partial charge in [-0.25, -0.2) is 0 Å². The Morgan fingerprint density at radius 2 is 1.78 bits per heavy atom. The highest BCUT2D eigenvalue weighted by Gasteiger charge is 2.38. The highest BCUT2D eigenvalue weighted by Crippen LogP contribution is 2.45. The molecule has 0 atom stereocenters. The first-order chi connectivity index (χ1) is 8.61. The molecule has 1 aliphatic heterocycles. The van der Waals surface area contributed by atoms with E-state index in [9.17, 15) is 0 Å². The summed E-state index contributed by atoms with van der Waals surface area (Å²) in [6.07, 6.45) is 4.70. The number of carbonyl (C=O) groups excluding carboxylic acids is 1. The molecular formula is C14H28N2O2. The monoisotopic (exact) mass is 256 g/mol. The fourth-order valence-electron chi connectivity index (χ4n) is 1.67. The SMILES string of the molecule is C=CC=O.CC1(CN2CCOCC2)CC1.CNC. The van der Waals surface area contributed by atoms with E-state index in [1.54, 1.807) is 0 Å². The van der Waals surface area contributed by atoms with E-state index < -0.39 is 0 Å². The van der Waals surface area contributed by atoms with Gasteiger partial charge in [-0.15, -0.1) is 0 Å². The Labute approximate surface area is 111 Å². The molecule has 0 bridgehead atoms. The average molecular weight is 256 g/mol. The molecule has 106 valence electrons. The van der Waals surface area contributed by atoms with Crippen molar-refractivity contribution < 1.29 is 9.53 Å². The molecule has 4 nitrogen and oxygen atoms in total. The molecule has 2 aliphatic rings.